The zero-order chi connectivity index (χ0) is 17.1. The summed E-state index contributed by atoms with van der Waals surface area (Å²) in [7, 11) is 0. The van der Waals surface area contributed by atoms with Crippen LogP contribution >= 0.6 is 22.9 Å². The molecule has 1 unspecified atom stereocenters. The zero-order valence-electron chi connectivity index (χ0n) is 12.2. The van der Waals surface area contributed by atoms with Gasteiger partial charge in [-0.3, -0.25) is 9.89 Å². The van der Waals surface area contributed by atoms with Crippen LogP contribution in [0.3, 0.4) is 0 Å². The van der Waals surface area contributed by atoms with E-state index in [0.717, 1.165) is 4.88 Å². The number of aliphatic carboxylic acids is 1. The first-order valence-electron chi connectivity index (χ1n) is 6.93. The molecule has 0 bridgehead atoms. The number of rotatable bonds is 5. The van der Waals surface area contributed by atoms with Crippen LogP contribution < -0.4 is 5.32 Å². The maximum absolute atomic E-state index is 12.3. The Kier molecular flexibility index (Phi) is 4.64. The van der Waals surface area contributed by atoms with Crippen molar-refractivity contribution in [3.63, 3.8) is 0 Å². The first kappa shape index (κ1) is 16.2. The number of nitrogens with zero attached hydrogens (tertiary/aromatic N) is 1. The predicted molar refractivity (Wildman–Crippen MR) is 91.2 cm³/mol. The third-order valence-corrected chi connectivity index (χ3v) is 4.58. The molecule has 24 heavy (non-hydrogen) atoms. The molecule has 0 saturated carbocycles. The molecule has 3 aromatic rings. The molecule has 1 aromatic carbocycles. The molecule has 0 fully saturated rings. The summed E-state index contributed by atoms with van der Waals surface area (Å²) in [6.45, 7) is 0. The third kappa shape index (κ3) is 3.32. The van der Waals surface area contributed by atoms with Crippen LogP contribution in [0.2, 0.25) is 5.02 Å². The second-order valence-corrected chi connectivity index (χ2v) is 6.27. The van der Waals surface area contributed by atoms with Crippen molar-refractivity contribution >= 4 is 34.8 Å². The largest absolute Gasteiger partial charge is 0.479 e. The van der Waals surface area contributed by atoms with Crippen molar-refractivity contribution in [3.05, 3.63) is 64.1 Å². The summed E-state index contributed by atoms with van der Waals surface area (Å²) in [6.07, 6.45) is 0. The fraction of sp³-hybridized carbons (Fsp3) is 0.0625. The smallest absolute Gasteiger partial charge is 0.330 e. The molecule has 0 radical (unpaired) electrons. The molecule has 8 heteroatoms. The highest BCUT2D eigenvalue weighted by Gasteiger charge is 2.25. The second kappa shape index (κ2) is 6.86. The Bertz CT molecular complexity index is 876. The number of thiophene rings is 1. The van der Waals surface area contributed by atoms with Crippen molar-refractivity contribution in [2.24, 2.45) is 0 Å². The minimum absolute atomic E-state index is 0.108. The van der Waals surface area contributed by atoms with Crippen LogP contribution in [0.5, 0.6) is 0 Å². The maximum atomic E-state index is 12.3. The number of halogens is 1. The van der Waals surface area contributed by atoms with Crippen LogP contribution in [-0.2, 0) is 4.79 Å². The minimum atomic E-state index is -1.26. The van der Waals surface area contributed by atoms with Crippen LogP contribution in [-0.4, -0.2) is 27.2 Å². The van der Waals surface area contributed by atoms with E-state index in [4.69, 9.17) is 11.6 Å². The van der Waals surface area contributed by atoms with Gasteiger partial charge in [-0.2, -0.15) is 5.10 Å². The normalized spacial score (nSPS) is 11.9. The van der Waals surface area contributed by atoms with Crippen LogP contribution in [0.25, 0.3) is 10.6 Å². The standard InChI is InChI=1S/C16H12ClN3O3S/c17-10-5-2-1-4-9(10)14(16(22)23)18-15(21)12-8-11(19-20-12)13-6-3-7-24-13/h1-8,14H,(H,18,21)(H,19,20)(H,22,23). The maximum Gasteiger partial charge on any atom is 0.330 e. The lowest BCUT2D eigenvalue weighted by Crippen LogP contribution is -2.34. The lowest BCUT2D eigenvalue weighted by molar-refractivity contribution is -0.139. The zero-order valence-corrected chi connectivity index (χ0v) is 13.8. The minimum Gasteiger partial charge on any atom is -0.479 e. The lowest BCUT2D eigenvalue weighted by Gasteiger charge is -2.15. The number of benzene rings is 1. The number of hydrogen-bond acceptors (Lipinski definition) is 4. The van der Waals surface area contributed by atoms with E-state index in [2.05, 4.69) is 15.5 Å². The Morgan fingerprint density at radius 2 is 2.04 bits per heavy atom. The quantitative estimate of drug-likeness (QED) is 0.649. The van der Waals surface area contributed by atoms with E-state index in [0.29, 0.717) is 11.3 Å². The first-order valence-corrected chi connectivity index (χ1v) is 8.19. The van der Waals surface area contributed by atoms with Crippen LogP contribution in [0.4, 0.5) is 0 Å². The Morgan fingerprint density at radius 1 is 1.25 bits per heavy atom. The van der Waals surface area contributed by atoms with E-state index in [1.807, 2.05) is 17.5 Å². The summed E-state index contributed by atoms with van der Waals surface area (Å²) in [5, 5.41) is 20.7. The van der Waals surface area contributed by atoms with E-state index in [-0.39, 0.29) is 10.7 Å². The molecule has 2 aromatic heterocycles. The molecule has 1 amide bonds. The molecular formula is C16H12ClN3O3S. The number of carboxylic acids is 1. The number of carboxylic acid groups (broad SMARTS) is 1. The van der Waals surface area contributed by atoms with Crippen LogP contribution in [0, 0.1) is 0 Å². The summed E-state index contributed by atoms with van der Waals surface area (Å²) >= 11 is 7.53. The summed E-state index contributed by atoms with van der Waals surface area (Å²) in [5.74, 6) is -1.80. The van der Waals surface area contributed by atoms with Gasteiger partial charge in [0, 0.05) is 10.6 Å². The van der Waals surface area contributed by atoms with Crippen molar-refractivity contribution in [1.82, 2.24) is 15.5 Å². The van der Waals surface area contributed by atoms with Gasteiger partial charge in [-0.25, -0.2) is 4.79 Å². The summed E-state index contributed by atoms with van der Waals surface area (Å²) < 4.78 is 0. The van der Waals surface area contributed by atoms with E-state index in [9.17, 15) is 14.7 Å². The van der Waals surface area contributed by atoms with E-state index < -0.39 is 17.9 Å². The number of aromatic amines is 1. The number of carbonyl (C=O) groups excluding carboxylic acids is 1. The number of aromatic nitrogens is 2. The van der Waals surface area contributed by atoms with Gasteiger partial charge >= 0.3 is 5.97 Å². The van der Waals surface area contributed by atoms with Gasteiger partial charge in [-0.15, -0.1) is 11.3 Å². The van der Waals surface area contributed by atoms with Gasteiger partial charge in [0.2, 0.25) is 0 Å². The fourth-order valence-corrected chi connectivity index (χ4v) is 3.12. The van der Waals surface area contributed by atoms with Gasteiger partial charge in [0.1, 0.15) is 0 Å². The van der Waals surface area contributed by atoms with Gasteiger partial charge in [-0.1, -0.05) is 35.9 Å². The molecule has 0 spiro atoms. The SMILES string of the molecule is O=C(NC(C(=O)O)c1ccccc1Cl)c1cc(-c2cccs2)[nH]n1. The summed E-state index contributed by atoms with van der Waals surface area (Å²) in [5.41, 5.74) is 1.12. The van der Waals surface area contributed by atoms with Gasteiger partial charge in [0.25, 0.3) is 5.91 Å². The lowest BCUT2D eigenvalue weighted by atomic mass is 10.1. The molecule has 6 nitrogen and oxygen atoms in total. The Morgan fingerprint density at radius 3 is 2.71 bits per heavy atom. The van der Waals surface area contributed by atoms with Gasteiger partial charge < -0.3 is 10.4 Å². The number of H-pyrrole nitrogens is 1. The van der Waals surface area contributed by atoms with Crippen molar-refractivity contribution in [2.45, 2.75) is 6.04 Å². The molecular weight excluding hydrogens is 350 g/mol. The highest BCUT2D eigenvalue weighted by molar-refractivity contribution is 7.13. The Labute approximate surface area is 146 Å². The van der Waals surface area contributed by atoms with E-state index in [1.165, 1.54) is 11.3 Å². The molecule has 0 aliphatic carbocycles. The third-order valence-electron chi connectivity index (χ3n) is 3.34. The molecule has 122 valence electrons. The van der Waals surface area contributed by atoms with Crippen molar-refractivity contribution < 1.29 is 14.7 Å². The van der Waals surface area contributed by atoms with Gasteiger partial charge in [0.15, 0.2) is 11.7 Å². The molecule has 0 aliphatic rings. The van der Waals surface area contributed by atoms with E-state index in [1.54, 1.807) is 30.3 Å². The molecule has 2 heterocycles. The second-order valence-electron chi connectivity index (χ2n) is 4.91. The molecule has 3 rings (SSSR count). The average molecular weight is 362 g/mol. The summed E-state index contributed by atoms with van der Waals surface area (Å²) in [4.78, 5) is 24.8. The van der Waals surface area contributed by atoms with Crippen molar-refractivity contribution in [3.8, 4) is 10.6 Å². The number of carbonyl (C=O) groups is 2. The van der Waals surface area contributed by atoms with Crippen molar-refractivity contribution in [1.29, 1.82) is 0 Å². The van der Waals surface area contributed by atoms with Crippen LogP contribution in [0.1, 0.15) is 22.1 Å². The monoisotopic (exact) mass is 361 g/mol. The Hall–Kier alpha value is -2.64. The Balaban J connectivity index is 1.82. The fourth-order valence-electron chi connectivity index (χ4n) is 2.18. The van der Waals surface area contributed by atoms with Gasteiger partial charge in [-0.05, 0) is 23.6 Å². The molecule has 3 N–H and O–H groups in total. The highest BCUT2D eigenvalue weighted by Crippen LogP contribution is 2.25. The van der Waals surface area contributed by atoms with Crippen LogP contribution in [0.15, 0.2) is 47.8 Å². The number of amides is 1. The molecule has 0 saturated heterocycles. The highest BCUT2D eigenvalue weighted by atomic mass is 35.5. The summed E-state index contributed by atoms with van der Waals surface area (Å²) in [6, 6.07) is 10.6. The number of nitrogens with one attached hydrogen (secondary N) is 2. The predicted octanol–water partition coefficient (Wildman–Crippen LogP) is 3.35. The average Bonchev–Trinajstić information content (AvgIpc) is 3.23. The molecule has 0 aliphatic heterocycles. The topological polar surface area (TPSA) is 95.1 Å². The van der Waals surface area contributed by atoms with Crippen molar-refractivity contribution in [2.75, 3.05) is 0 Å². The van der Waals surface area contributed by atoms with E-state index >= 15 is 0 Å². The number of hydrogen-bond donors (Lipinski definition) is 3. The molecule has 1 atom stereocenters. The first-order chi connectivity index (χ1) is 11.6. The van der Waals surface area contributed by atoms with Gasteiger partial charge in [0.05, 0.1) is 10.6 Å².